The summed E-state index contributed by atoms with van der Waals surface area (Å²) in [6, 6.07) is 7.32. The van der Waals surface area contributed by atoms with Crippen LogP contribution < -0.4 is 10.6 Å². The highest BCUT2D eigenvalue weighted by atomic mass is 32.1. The molecule has 3 rings (SSSR count). The summed E-state index contributed by atoms with van der Waals surface area (Å²) in [4.78, 5) is 3.13. The summed E-state index contributed by atoms with van der Waals surface area (Å²) in [5.41, 5.74) is 9.34. The highest BCUT2D eigenvalue weighted by Gasteiger charge is 2.33. The maximum atomic E-state index is 5.76. The maximum Gasteiger partial charge on any atom is 0.104 e. The summed E-state index contributed by atoms with van der Waals surface area (Å²) in [5.74, 6) is 0.910. The lowest BCUT2D eigenvalue weighted by Crippen LogP contribution is -2.34. The van der Waals surface area contributed by atoms with E-state index < -0.39 is 0 Å². The normalized spacial score (nSPS) is 23.4. The number of hydrogen-bond acceptors (Lipinski definition) is 2. The minimum atomic E-state index is 0.503. The predicted molar refractivity (Wildman–Crippen MR) is 89.4 cm³/mol. The summed E-state index contributed by atoms with van der Waals surface area (Å²) in [6.07, 6.45) is 8.39. The van der Waals surface area contributed by atoms with Gasteiger partial charge in [0.1, 0.15) is 4.99 Å². The quantitative estimate of drug-likeness (QED) is 0.858. The van der Waals surface area contributed by atoms with Crippen LogP contribution in [0, 0.1) is 12.8 Å². The number of anilines is 1. The largest absolute Gasteiger partial charge is 0.389 e. The lowest BCUT2D eigenvalue weighted by molar-refractivity contribution is 0.431. The Labute approximate surface area is 127 Å². The van der Waals surface area contributed by atoms with Gasteiger partial charge in [-0.2, -0.15) is 0 Å². The van der Waals surface area contributed by atoms with E-state index in [1.807, 2.05) is 0 Å². The molecule has 108 valence electrons. The molecule has 1 saturated carbocycles. The molecule has 20 heavy (non-hydrogen) atoms. The number of hydrogen-bond donors (Lipinski definition) is 1. The first-order valence-corrected chi connectivity index (χ1v) is 8.25. The first kappa shape index (κ1) is 13.9. The van der Waals surface area contributed by atoms with E-state index in [4.69, 9.17) is 18.0 Å². The van der Waals surface area contributed by atoms with Crippen LogP contribution in [0.15, 0.2) is 18.2 Å². The second-order valence-corrected chi connectivity index (χ2v) is 6.75. The van der Waals surface area contributed by atoms with Crippen LogP contribution in [0.4, 0.5) is 5.69 Å². The highest BCUT2D eigenvalue weighted by molar-refractivity contribution is 7.80. The Bertz CT molecular complexity index is 506. The van der Waals surface area contributed by atoms with Crippen molar-refractivity contribution in [1.29, 1.82) is 0 Å². The Balaban J connectivity index is 1.84. The first-order chi connectivity index (χ1) is 9.66. The molecular weight excluding hydrogens is 264 g/mol. The molecule has 1 aromatic rings. The van der Waals surface area contributed by atoms with Gasteiger partial charge in [-0.25, -0.2) is 0 Å². The van der Waals surface area contributed by atoms with E-state index in [1.54, 1.807) is 0 Å². The van der Waals surface area contributed by atoms with Crippen LogP contribution in [0.25, 0.3) is 0 Å². The SMILES string of the molecule is Cc1cc(N2CCCC2C2CCCC2)ccc1C(N)=S. The summed E-state index contributed by atoms with van der Waals surface area (Å²) in [6.45, 7) is 3.31. The fourth-order valence-electron chi connectivity index (χ4n) is 4.05. The van der Waals surface area contributed by atoms with Crippen LogP contribution >= 0.6 is 12.2 Å². The van der Waals surface area contributed by atoms with Gasteiger partial charge in [0.2, 0.25) is 0 Å². The standard InChI is InChI=1S/C17H24N2S/c1-12-11-14(8-9-15(12)17(18)20)19-10-4-7-16(19)13-5-2-3-6-13/h8-9,11,13,16H,2-7,10H2,1H3,(H2,18,20). The van der Waals surface area contributed by atoms with Crippen LogP contribution in [0.3, 0.4) is 0 Å². The van der Waals surface area contributed by atoms with Gasteiger partial charge in [-0.15, -0.1) is 0 Å². The Morgan fingerprint density at radius 1 is 1.20 bits per heavy atom. The van der Waals surface area contributed by atoms with Gasteiger partial charge in [-0.05, 0) is 62.3 Å². The minimum absolute atomic E-state index is 0.503. The first-order valence-electron chi connectivity index (χ1n) is 7.84. The van der Waals surface area contributed by atoms with Gasteiger partial charge in [0.05, 0.1) is 0 Å². The van der Waals surface area contributed by atoms with Crippen molar-refractivity contribution >= 4 is 22.9 Å². The predicted octanol–water partition coefficient (Wildman–Crippen LogP) is 3.79. The lowest BCUT2D eigenvalue weighted by Gasteiger charge is -2.31. The minimum Gasteiger partial charge on any atom is -0.389 e. The number of benzene rings is 1. The van der Waals surface area contributed by atoms with Gasteiger partial charge in [0.25, 0.3) is 0 Å². The average molecular weight is 288 g/mol. The topological polar surface area (TPSA) is 29.3 Å². The van der Waals surface area contributed by atoms with Crippen LogP contribution in [-0.2, 0) is 0 Å². The third-order valence-electron chi connectivity index (χ3n) is 5.05. The van der Waals surface area contributed by atoms with Crippen molar-refractivity contribution in [3.8, 4) is 0 Å². The zero-order chi connectivity index (χ0) is 14.1. The number of thiocarbonyl (C=S) groups is 1. The highest BCUT2D eigenvalue weighted by Crippen LogP contribution is 2.38. The molecule has 2 nitrogen and oxygen atoms in total. The molecule has 1 saturated heterocycles. The van der Waals surface area contributed by atoms with Gasteiger partial charge in [-0.3, -0.25) is 0 Å². The van der Waals surface area contributed by atoms with Gasteiger partial charge in [-0.1, -0.05) is 25.1 Å². The van der Waals surface area contributed by atoms with E-state index in [9.17, 15) is 0 Å². The molecule has 2 N–H and O–H groups in total. The fraction of sp³-hybridized carbons (Fsp3) is 0.588. The smallest absolute Gasteiger partial charge is 0.104 e. The fourth-order valence-corrected chi connectivity index (χ4v) is 4.28. The number of aryl methyl sites for hydroxylation is 1. The summed E-state index contributed by atoms with van der Waals surface area (Å²) in [7, 11) is 0. The summed E-state index contributed by atoms with van der Waals surface area (Å²) < 4.78 is 0. The molecule has 1 aliphatic carbocycles. The monoisotopic (exact) mass is 288 g/mol. The molecule has 0 radical (unpaired) electrons. The molecule has 2 aliphatic rings. The second kappa shape index (κ2) is 5.72. The van der Waals surface area contributed by atoms with Crippen molar-refractivity contribution in [2.75, 3.05) is 11.4 Å². The van der Waals surface area contributed by atoms with Gasteiger partial charge < -0.3 is 10.6 Å². The Morgan fingerprint density at radius 2 is 1.95 bits per heavy atom. The van der Waals surface area contributed by atoms with Crippen molar-refractivity contribution in [3.05, 3.63) is 29.3 Å². The Morgan fingerprint density at radius 3 is 2.60 bits per heavy atom. The zero-order valence-corrected chi connectivity index (χ0v) is 13.1. The van der Waals surface area contributed by atoms with Crippen molar-refractivity contribution in [2.45, 2.75) is 51.5 Å². The maximum absolute atomic E-state index is 5.76. The molecule has 3 heteroatoms. The molecule has 1 atom stereocenters. The summed E-state index contributed by atoms with van der Waals surface area (Å²) in [5, 5.41) is 0. The van der Waals surface area contributed by atoms with E-state index in [1.165, 1.54) is 56.3 Å². The second-order valence-electron chi connectivity index (χ2n) is 6.31. The van der Waals surface area contributed by atoms with Crippen molar-refractivity contribution in [3.63, 3.8) is 0 Å². The number of nitrogens with zero attached hydrogens (tertiary/aromatic N) is 1. The van der Waals surface area contributed by atoms with Crippen LogP contribution in [0.5, 0.6) is 0 Å². The Hall–Kier alpha value is -1.09. The zero-order valence-electron chi connectivity index (χ0n) is 12.3. The van der Waals surface area contributed by atoms with Crippen molar-refractivity contribution in [2.24, 2.45) is 11.7 Å². The van der Waals surface area contributed by atoms with Crippen LogP contribution in [0.1, 0.15) is 49.7 Å². The van der Waals surface area contributed by atoms with Crippen molar-refractivity contribution < 1.29 is 0 Å². The third kappa shape index (κ3) is 2.56. The molecule has 1 aromatic carbocycles. The lowest BCUT2D eigenvalue weighted by atomic mass is 9.95. The molecule has 1 aliphatic heterocycles. The molecule has 2 fully saturated rings. The number of nitrogens with two attached hydrogens (primary N) is 1. The molecule has 0 bridgehead atoms. The van der Waals surface area contributed by atoms with E-state index in [0.29, 0.717) is 4.99 Å². The third-order valence-corrected chi connectivity index (χ3v) is 5.27. The van der Waals surface area contributed by atoms with E-state index in [-0.39, 0.29) is 0 Å². The van der Waals surface area contributed by atoms with E-state index >= 15 is 0 Å². The van der Waals surface area contributed by atoms with Gasteiger partial charge in [0, 0.05) is 23.8 Å². The molecule has 0 amide bonds. The number of rotatable bonds is 3. The molecular formula is C17H24N2S. The van der Waals surface area contributed by atoms with Crippen molar-refractivity contribution in [1.82, 2.24) is 0 Å². The summed E-state index contributed by atoms with van der Waals surface area (Å²) >= 11 is 5.10. The van der Waals surface area contributed by atoms with Crippen LogP contribution in [0.2, 0.25) is 0 Å². The Kier molecular flexibility index (Phi) is 3.97. The van der Waals surface area contributed by atoms with Gasteiger partial charge >= 0.3 is 0 Å². The average Bonchev–Trinajstić information content (AvgIpc) is 3.09. The van der Waals surface area contributed by atoms with Gasteiger partial charge in [0.15, 0.2) is 0 Å². The molecule has 0 aromatic heterocycles. The van der Waals surface area contributed by atoms with E-state index in [2.05, 4.69) is 30.0 Å². The molecule has 1 unspecified atom stereocenters. The van der Waals surface area contributed by atoms with Crippen LogP contribution in [-0.4, -0.2) is 17.6 Å². The molecule has 1 heterocycles. The molecule has 0 spiro atoms. The van der Waals surface area contributed by atoms with E-state index in [0.717, 1.165) is 17.5 Å².